The molecule has 2 aliphatic rings. The molecule has 0 aromatic heterocycles. The molecule has 38 heavy (non-hydrogen) atoms. The van der Waals surface area contributed by atoms with Gasteiger partial charge >= 0.3 is 10.1 Å². The second-order valence-corrected chi connectivity index (χ2v) is 13.6. The van der Waals surface area contributed by atoms with E-state index in [1.54, 1.807) is 30.3 Å². The van der Waals surface area contributed by atoms with Crippen molar-refractivity contribution in [2.24, 2.45) is 0 Å². The Kier molecular flexibility index (Phi) is 6.45. The molecule has 4 aromatic rings. The number of fused-ring (bicyclic) bond motifs is 2. The maximum Gasteiger partial charge on any atom is 0.336 e. The maximum atomic E-state index is 13.8. The summed E-state index contributed by atoms with van der Waals surface area (Å²) in [6.07, 6.45) is 5.44. The van der Waals surface area contributed by atoms with Crippen LogP contribution in [0.3, 0.4) is 0 Å². The van der Waals surface area contributed by atoms with E-state index < -0.39 is 20.0 Å². The van der Waals surface area contributed by atoms with E-state index in [-0.39, 0.29) is 11.0 Å². The molecule has 0 saturated heterocycles. The van der Waals surface area contributed by atoms with E-state index in [0.717, 1.165) is 26.7 Å². The van der Waals surface area contributed by atoms with Gasteiger partial charge in [0, 0.05) is 17.2 Å². The zero-order chi connectivity index (χ0) is 26.2. The van der Waals surface area contributed by atoms with Crippen LogP contribution < -0.4 is 4.74 Å². The smallest absolute Gasteiger partial charge is 0.336 e. The highest BCUT2D eigenvalue weighted by Gasteiger charge is 2.43. The van der Waals surface area contributed by atoms with Gasteiger partial charge in [-0.1, -0.05) is 82.6 Å². The molecule has 0 fully saturated rings. The van der Waals surface area contributed by atoms with Crippen LogP contribution in [0.2, 0.25) is 0 Å². The van der Waals surface area contributed by atoms with Crippen molar-refractivity contribution in [3.63, 3.8) is 0 Å². The lowest BCUT2D eigenvalue weighted by Crippen LogP contribution is -2.34. The van der Waals surface area contributed by atoms with Gasteiger partial charge in [-0.15, -0.1) is 0 Å². The monoisotopic (exact) mass is 555 g/mol. The summed E-state index contributed by atoms with van der Waals surface area (Å²) in [7, 11) is -6.93. The van der Waals surface area contributed by atoms with Crippen molar-refractivity contribution in [1.82, 2.24) is 0 Å². The van der Waals surface area contributed by atoms with Crippen LogP contribution in [0.1, 0.15) is 5.56 Å². The van der Waals surface area contributed by atoms with Gasteiger partial charge in [-0.2, -0.15) is 8.42 Å². The molecule has 1 aliphatic heterocycles. The first kappa shape index (κ1) is 24.7. The first-order valence-electron chi connectivity index (χ1n) is 12.0. The lowest BCUT2D eigenvalue weighted by Gasteiger charge is -2.30. The van der Waals surface area contributed by atoms with E-state index in [1.807, 2.05) is 103 Å². The number of benzene rings is 4. The first-order valence-corrected chi connectivity index (χ1v) is 15.4. The van der Waals surface area contributed by atoms with Gasteiger partial charge in [0.15, 0.2) is 14.7 Å². The third kappa shape index (κ3) is 4.27. The molecule has 7 heteroatoms. The number of hydrogen-bond acceptors (Lipinski definition) is 5. The standard InChI is InChI=1S/C31H23O4S3/c32-38(33,25-16-8-3-9-17-25)35-37(23-12-4-1-5-13-23,24-14-6-2-7-15-24)26-20-21-30-28(22-26)31(36)27-18-10-11-19-29(27)34-30/h1-22,30H/q+1. The molecule has 1 aliphatic carbocycles. The minimum absolute atomic E-state index is 0.0973. The highest BCUT2D eigenvalue weighted by atomic mass is 32.3. The summed E-state index contributed by atoms with van der Waals surface area (Å²) < 4.78 is 40.4. The van der Waals surface area contributed by atoms with Gasteiger partial charge in [0.2, 0.25) is 0 Å². The Labute approximate surface area is 229 Å². The number of ether oxygens (including phenoxy) is 1. The van der Waals surface area contributed by atoms with Crippen molar-refractivity contribution in [3.05, 3.63) is 145 Å². The SMILES string of the molecule is O=S(=O)(O[S+](=C1C=CC2Oc3ccccc3C(=S)C2=C1)(c1ccccc1)c1ccccc1)c1ccccc1. The molecule has 4 nitrogen and oxygen atoms in total. The van der Waals surface area contributed by atoms with Crippen LogP contribution in [0.5, 0.6) is 5.75 Å². The number of para-hydroxylation sites is 1. The number of thiocarbonyl (C=S) groups is 1. The van der Waals surface area contributed by atoms with Crippen molar-refractivity contribution in [2.45, 2.75) is 20.8 Å². The summed E-state index contributed by atoms with van der Waals surface area (Å²) in [5.74, 6) is 0.736. The molecule has 0 bridgehead atoms. The van der Waals surface area contributed by atoms with Crippen molar-refractivity contribution < 1.29 is 16.8 Å². The van der Waals surface area contributed by atoms with Gasteiger partial charge in [-0.25, -0.2) is 0 Å². The minimum atomic E-state index is -4.17. The second-order valence-electron chi connectivity index (χ2n) is 8.74. The minimum Gasteiger partial charge on any atom is -0.481 e. The molecule has 0 spiro atoms. The zero-order valence-corrected chi connectivity index (χ0v) is 22.6. The molecule has 1 atom stereocenters. The number of hydrogen-bond donors (Lipinski definition) is 0. The van der Waals surface area contributed by atoms with Crippen LogP contribution in [0.15, 0.2) is 154 Å². The van der Waals surface area contributed by atoms with E-state index >= 15 is 0 Å². The number of allylic oxidation sites excluding steroid dienone is 2. The van der Waals surface area contributed by atoms with Crippen LogP contribution >= 0.6 is 12.2 Å². The molecular formula is C31H23O4S3+. The molecule has 1 unspecified atom stereocenters. The topological polar surface area (TPSA) is 52.6 Å². The van der Waals surface area contributed by atoms with Crippen molar-refractivity contribution in [3.8, 4) is 5.75 Å². The summed E-state index contributed by atoms with van der Waals surface area (Å²) >= 11 is 5.91. The van der Waals surface area contributed by atoms with Crippen LogP contribution in [0, 0.1) is 0 Å². The lowest BCUT2D eigenvalue weighted by atomic mass is 9.92. The van der Waals surface area contributed by atoms with E-state index in [4.69, 9.17) is 20.6 Å². The summed E-state index contributed by atoms with van der Waals surface area (Å²) in [4.78, 5) is 3.00. The fraction of sp³-hybridized carbons (Fsp3) is 0.0323. The molecule has 0 saturated carbocycles. The Morgan fingerprint density at radius 3 is 1.92 bits per heavy atom. The molecule has 6 rings (SSSR count). The first-order chi connectivity index (χ1) is 18.5. The van der Waals surface area contributed by atoms with E-state index in [9.17, 15) is 8.42 Å². The van der Waals surface area contributed by atoms with Crippen molar-refractivity contribution in [1.29, 1.82) is 0 Å². The maximum absolute atomic E-state index is 13.8. The molecule has 0 N–H and O–H groups in total. The fourth-order valence-electron chi connectivity index (χ4n) is 4.61. The quantitative estimate of drug-likeness (QED) is 0.210. The third-order valence-electron chi connectivity index (χ3n) is 6.39. The van der Waals surface area contributed by atoms with Gasteiger partial charge in [-0.05, 0) is 60.7 Å². The van der Waals surface area contributed by atoms with Crippen LogP contribution in [0.4, 0.5) is 0 Å². The van der Waals surface area contributed by atoms with Gasteiger partial charge in [0.1, 0.15) is 21.8 Å². The molecule has 4 aromatic carbocycles. The highest BCUT2D eigenvalue weighted by Crippen LogP contribution is 2.39. The van der Waals surface area contributed by atoms with Crippen LogP contribution in [-0.4, -0.2) is 24.3 Å². The third-order valence-corrected chi connectivity index (χ3v) is 12.0. The molecule has 188 valence electrons. The summed E-state index contributed by atoms with van der Waals surface area (Å²) in [5, 5.41) is 0. The number of rotatable bonds is 5. The zero-order valence-electron chi connectivity index (χ0n) is 20.1. The average molecular weight is 556 g/mol. The summed E-state index contributed by atoms with van der Waals surface area (Å²) in [5.41, 5.74) is 1.65. The van der Waals surface area contributed by atoms with Gasteiger partial charge < -0.3 is 4.74 Å². The van der Waals surface area contributed by atoms with Gasteiger partial charge in [0.05, 0.1) is 9.76 Å². The van der Waals surface area contributed by atoms with E-state index in [2.05, 4.69) is 0 Å². The highest BCUT2D eigenvalue weighted by molar-refractivity contribution is 8.15. The Hall–Kier alpha value is -3.62. The Morgan fingerprint density at radius 2 is 1.29 bits per heavy atom. The van der Waals surface area contributed by atoms with Crippen molar-refractivity contribution in [2.75, 3.05) is 0 Å². The van der Waals surface area contributed by atoms with Crippen LogP contribution in [-0.2, 0) is 23.6 Å². The summed E-state index contributed by atoms with van der Waals surface area (Å²) in [6.45, 7) is 0. The van der Waals surface area contributed by atoms with Crippen molar-refractivity contribution >= 4 is 42.0 Å². The fourth-order valence-corrected chi connectivity index (χ4v) is 10.2. The van der Waals surface area contributed by atoms with E-state index in [0.29, 0.717) is 9.73 Å². The van der Waals surface area contributed by atoms with Gasteiger partial charge in [0.25, 0.3) is 0 Å². The molecule has 0 amide bonds. The Balaban J connectivity index is 1.66. The van der Waals surface area contributed by atoms with E-state index in [1.165, 1.54) is 0 Å². The Morgan fingerprint density at radius 1 is 0.737 bits per heavy atom. The lowest BCUT2D eigenvalue weighted by molar-refractivity contribution is 0.284. The molecule has 1 heterocycles. The predicted octanol–water partition coefficient (Wildman–Crippen LogP) is 6.43. The second kappa shape index (κ2) is 9.93. The van der Waals surface area contributed by atoms with Crippen LogP contribution in [0.25, 0.3) is 0 Å². The summed E-state index contributed by atoms with van der Waals surface area (Å²) in [6, 6.07) is 35.0. The molecular weight excluding hydrogens is 533 g/mol. The normalized spacial score (nSPS) is 16.7. The predicted molar refractivity (Wildman–Crippen MR) is 156 cm³/mol. The average Bonchev–Trinajstić information content (AvgIpc) is 2.97. The molecule has 0 radical (unpaired) electrons. The Bertz CT molecular complexity index is 1700. The largest absolute Gasteiger partial charge is 0.481 e. The van der Waals surface area contributed by atoms with Gasteiger partial charge in [-0.3, -0.25) is 0 Å².